The van der Waals surface area contributed by atoms with Crippen LogP contribution in [-0.2, 0) is 0 Å². The lowest BCUT2D eigenvalue weighted by Crippen LogP contribution is -2.48. The summed E-state index contributed by atoms with van der Waals surface area (Å²) in [4.78, 5) is 28.4. The maximum atomic E-state index is 14.2. The van der Waals surface area contributed by atoms with Crippen molar-refractivity contribution in [1.82, 2.24) is 10.2 Å². The van der Waals surface area contributed by atoms with Gasteiger partial charge in [-0.15, -0.1) is 0 Å². The van der Waals surface area contributed by atoms with Crippen LogP contribution in [0.15, 0.2) is 47.1 Å². The Morgan fingerprint density at radius 1 is 0.946 bits per heavy atom. The van der Waals surface area contributed by atoms with Crippen molar-refractivity contribution >= 4 is 40.5 Å². The quantitative estimate of drug-likeness (QED) is 0.290. The van der Waals surface area contributed by atoms with Gasteiger partial charge in [-0.05, 0) is 48.6 Å². The number of halogens is 4. The molecule has 2 heterocycles. The molecule has 0 unspecified atom stereocenters. The number of nitrogens with zero attached hydrogens (tertiary/aromatic N) is 2. The number of nitrogens with one attached hydrogen (secondary N) is 2. The predicted octanol–water partition coefficient (Wildman–Crippen LogP) is 3.93. The van der Waals surface area contributed by atoms with Crippen molar-refractivity contribution in [2.24, 2.45) is 0 Å². The lowest BCUT2D eigenvalue weighted by molar-refractivity contribution is 0.0714. The summed E-state index contributed by atoms with van der Waals surface area (Å²) in [6.45, 7) is 2.21. The molecule has 2 amide bonds. The van der Waals surface area contributed by atoms with Crippen LogP contribution in [0.4, 0.5) is 28.9 Å². The van der Waals surface area contributed by atoms with Crippen LogP contribution in [0.5, 0.6) is 5.75 Å². The van der Waals surface area contributed by atoms with E-state index in [4.69, 9.17) is 16.6 Å². The van der Waals surface area contributed by atoms with Crippen LogP contribution in [0.25, 0.3) is 0 Å². The molecule has 2 N–H and O–H groups in total. The van der Waals surface area contributed by atoms with E-state index in [9.17, 15) is 27.2 Å². The van der Waals surface area contributed by atoms with Gasteiger partial charge in [-0.3, -0.25) is 14.9 Å². The number of furan rings is 1. The average Bonchev–Trinajstić information content (AvgIpc) is 3.43. The Bertz CT molecular complexity index is 1300. The van der Waals surface area contributed by atoms with Crippen LogP contribution in [-0.4, -0.2) is 55.1 Å². The van der Waals surface area contributed by atoms with E-state index in [0.717, 1.165) is 12.8 Å². The summed E-state index contributed by atoms with van der Waals surface area (Å²) in [6, 6.07) is 10.2. The van der Waals surface area contributed by atoms with Crippen LogP contribution in [0.1, 0.15) is 20.9 Å². The van der Waals surface area contributed by atoms with E-state index in [1.807, 2.05) is 5.32 Å². The second kappa shape index (κ2) is 10.9. The van der Waals surface area contributed by atoms with Crippen LogP contribution < -0.4 is 20.3 Å². The van der Waals surface area contributed by atoms with Crippen molar-refractivity contribution in [2.45, 2.75) is 0 Å². The minimum Gasteiger partial charge on any atom is -0.491 e. The van der Waals surface area contributed by atoms with Crippen LogP contribution in [0.2, 0.25) is 0 Å². The van der Waals surface area contributed by atoms with E-state index in [0.29, 0.717) is 37.6 Å². The highest BCUT2D eigenvalue weighted by molar-refractivity contribution is 7.80. The summed E-state index contributed by atoms with van der Waals surface area (Å²) in [5, 5.41) is 4.31. The number of methoxy groups -OCH3 is 1. The van der Waals surface area contributed by atoms with Gasteiger partial charge in [-0.1, -0.05) is 0 Å². The second-order valence-electron chi connectivity index (χ2n) is 7.88. The molecule has 0 atom stereocenters. The van der Waals surface area contributed by atoms with Crippen molar-refractivity contribution in [3.8, 4) is 5.75 Å². The number of hydrogen-bond acceptors (Lipinski definition) is 6. The summed E-state index contributed by atoms with van der Waals surface area (Å²) < 4.78 is 65.6. The molecule has 1 aromatic heterocycles. The highest BCUT2D eigenvalue weighted by Crippen LogP contribution is 2.29. The molecule has 1 saturated heterocycles. The third-order valence-electron chi connectivity index (χ3n) is 5.67. The summed E-state index contributed by atoms with van der Waals surface area (Å²) in [6.07, 6.45) is 1.45. The van der Waals surface area contributed by atoms with E-state index >= 15 is 0 Å². The molecular formula is C24H20F4N4O4S. The topological polar surface area (TPSA) is 87.0 Å². The molecule has 4 rings (SSSR count). The molecule has 194 valence electrons. The number of ether oxygens (including phenoxy) is 1. The highest BCUT2D eigenvalue weighted by Gasteiger charge is 2.30. The van der Waals surface area contributed by atoms with Gasteiger partial charge >= 0.3 is 0 Å². The molecule has 8 nitrogen and oxygen atoms in total. The number of rotatable bonds is 5. The first kappa shape index (κ1) is 25.9. The Balaban J connectivity index is 1.34. The van der Waals surface area contributed by atoms with Gasteiger partial charge in [0.05, 0.1) is 13.4 Å². The molecule has 0 spiro atoms. The standard InChI is InChI=1S/C24H20F4N4O4S/c1-35-21-19(27)17(25)16(18(26)20(21)28)22(33)30-24(37)29-13-4-6-14(7-5-13)31-8-10-32(11-9-31)23(34)15-3-2-12-36-15/h2-7,12H,8-11H2,1H3,(H2,29,30,33,37). The van der Waals surface area contributed by atoms with Gasteiger partial charge in [0, 0.05) is 37.6 Å². The fourth-order valence-electron chi connectivity index (χ4n) is 3.80. The van der Waals surface area contributed by atoms with Gasteiger partial charge in [0.1, 0.15) is 5.56 Å². The number of piperazine rings is 1. The molecule has 1 fully saturated rings. The van der Waals surface area contributed by atoms with Gasteiger partial charge in [0.15, 0.2) is 28.3 Å². The zero-order valence-corrected chi connectivity index (χ0v) is 20.1. The fourth-order valence-corrected chi connectivity index (χ4v) is 4.01. The van der Waals surface area contributed by atoms with Crippen molar-refractivity contribution in [3.63, 3.8) is 0 Å². The van der Waals surface area contributed by atoms with E-state index in [-0.39, 0.29) is 11.0 Å². The maximum absolute atomic E-state index is 14.2. The van der Waals surface area contributed by atoms with Gasteiger partial charge < -0.3 is 24.3 Å². The largest absolute Gasteiger partial charge is 0.491 e. The summed E-state index contributed by atoms with van der Waals surface area (Å²) in [7, 11) is 0.827. The van der Waals surface area contributed by atoms with Gasteiger partial charge in [-0.25, -0.2) is 8.78 Å². The Kier molecular flexibility index (Phi) is 7.62. The molecule has 2 aromatic carbocycles. The van der Waals surface area contributed by atoms with E-state index in [1.165, 1.54) is 6.26 Å². The number of amides is 2. The fraction of sp³-hybridized carbons (Fsp3) is 0.208. The molecule has 0 radical (unpaired) electrons. The number of carbonyl (C=O) groups excluding carboxylic acids is 2. The molecule has 3 aromatic rings. The first-order valence-electron chi connectivity index (χ1n) is 10.9. The highest BCUT2D eigenvalue weighted by atomic mass is 32.1. The monoisotopic (exact) mass is 536 g/mol. The molecule has 0 saturated carbocycles. The van der Waals surface area contributed by atoms with E-state index in [2.05, 4.69) is 15.0 Å². The van der Waals surface area contributed by atoms with E-state index < -0.39 is 40.5 Å². The Hall–Kier alpha value is -4.13. The SMILES string of the molecule is COc1c(F)c(F)c(C(=O)NC(=S)Nc2ccc(N3CCN(C(=O)c4ccco4)CC3)cc2)c(F)c1F. The zero-order chi connectivity index (χ0) is 26.7. The van der Waals surface area contributed by atoms with Gasteiger partial charge in [0.2, 0.25) is 11.6 Å². The van der Waals surface area contributed by atoms with Crippen LogP contribution in [0, 0.1) is 23.3 Å². The van der Waals surface area contributed by atoms with Crippen molar-refractivity contribution in [1.29, 1.82) is 0 Å². The first-order chi connectivity index (χ1) is 17.7. The lowest BCUT2D eigenvalue weighted by atomic mass is 10.1. The number of benzene rings is 2. The second-order valence-corrected chi connectivity index (χ2v) is 8.28. The molecular weight excluding hydrogens is 516 g/mol. The van der Waals surface area contributed by atoms with Crippen molar-refractivity contribution < 1.29 is 36.3 Å². The summed E-state index contributed by atoms with van der Waals surface area (Å²) >= 11 is 4.99. The zero-order valence-electron chi connectivity index (χ0n) is 19.3. The van der Waals surface area contributed by atoms with Crippen molar-refractivity contribution in [3.05, 3.63) is 77.3 Å². The molecule has 1 aliphatic rings. The Morgan fingerprint density at radius 2 is 1.57 bits per heavy atom. The molecule has 37 heavy (non-hydrogen) atoms. The molecule has 0 bridgehead atoms. The number of hydrogen-bond donors (Lipinski definition) is 2. The molecule has 0 aliphatic carbocycles. The first-order valence-corrected chi connectivity index (χ1v) is 11.3. The maximum Gasteiger partial charge on any atom is 0.289 e. The summed E-state index contributed by atoms with van der Waals surface area (Å²) in [5.41, 5.74) is -0.160. The van der Waals surface area contributed by atoms with Crippen LogP contribution in [0.3, 0.4) is 0 Å². The molecule has 13 heteroatoms. The average molecular weight is 537 g/mol. The minimum absolute atomic E-state index is 0.167. The van der Waals surface area contributed by atoms with Gasteiger partial charge in [0.25, 0.3) is 11.8 Å². The minimum atomic E-state index is -1.91. The lowest BCUT2D eigenvalue weighted by Gasteiger charge is -2.35. The predicted molar refractivity (Wildman–Crippen MR) is 130 cm³/mol. The Morgan fingerprint density at radius 3 is 2.11 bits per heavy atom. The summed E-state index contributed by atoms with van der Waals surface area (Å²) in [5.74, 6) is -10.1. The van der Waals surface area contributed by atoms with Crippen molar-refractivity contribution in [2.75, 3.05) is 43.5 Å². The van der Waals surface area contributed by atoms with Crippen LogP contribution >= 0.6 is 12.2 Å². The smallest absolute Gasteiger partial charge is 0.289 e. The third kappa shape index (κ3) is 5.35. The number of thiocarbonyl (C=S) groups is 1. The van der Waals surface area contributed by atoms with Gasteiger partial charge in [-0.2, -0.15) is 8.78 Å². The molecule has 1 aliphatic heterocycles. The third-order valence-corrected chi connectivity index (χ3v) is 5.87. The number of carbonyl (C=O) groups is 2. The normalized spacial score (nSPS) is 13.3. The Labute approximate surface area is 213 Å². The van der Waals surface area contributed by atoms with E-state index in [1.54, 1.807) is 41.3 Å². The number of anilines is 2.